The van der Waals surface area contributed by atoms with Crippen LogP contribution in [0.25, 0.3) is 0 Å². The Labute approximate surface area is 74.7 Å². The van der Waals surface area contributed by atoms with Crippen LogP contribution in [0.15, 0.2) is 18.5 Å². The monoisotopic (exact) mass is 188 g/mol. The Morgan fingerprint density at radius 3 is 3.00 bits per heavy atom. The summed E-state index contributed by atoms with van der Waals surface area (Å²) in [5.41, 5.74) is 0.649. The molecule has 0 fully saturated rings. The molecule has 0 aliphatic heterocycles. The van der Waals surface area contributed by atoms with Crippen LogP contribution in [0.1, 0.15) is 0 Å². The highest BCUT2D eigenvalue weighted by Gasteiger charge is 2.06. The average molecular weight is 188 g/mol. The highest BCUT2D eigenvalue weighted by molar-refractivity contribution is 5.53. The van der Waals surface area contributed by atoms with Crippen molar-refractivity contribution in [2.24, 2.45) is 0 Å². The number of nitrogens with one attached hydrogen (secondary N) is 1. The number of alkyl halides is 2. The van der Waals surface area contributed by atoms with Gasteiger partial charge < -0.3 is 10.1 Å². The van der Waals surface area contributed by atoms with Gasteiger partial charge >= 0.3 is 0 Å². The minimum absolute atomic E-state index is 0.338. The topological polar surface area (TPSA) is 34.2 Å². The van der Waals surface area contributed by atoms with Crippen molar-refractivity contribution in [3.8, 4) is 5.75 Å². The first-order valence-corrected chi connectivity index (χ1v) is 3.76. The van der Waals surface area contributed by atoms with Gasteiger partial charge in [0.15, 0.2) is 5.75 Å². The molecule has 0 aliphatic rings. The molecule has 1 heterocycles. The Morgan fingerprint density at radius 2 is 2.38 bits per heavy atom. The predicted molar refractivity (Wildman–Crippen MR) is 45.3 cm³/mol. The fourth-order valence-corrected chi connectivity index (χ4v) is 0.854. The largest absolute Gasteiger partial charge is 0.484 e. The standard InChI is InChI=1S/C8H10F2N2O/c1-11-6-2-3-12-4-7(6)13-5-8(9)10/h2-4,8H,5H2,1H3,(H,11,12). The number of rotatable bonds is 4. The van der Waals surface area contributed by atoms with E-state index < -0.39 is 13.0 Å². The third kappa shape index (κ3) is 2.85. The third-order valence-electron chi connectivity index (χ3n) is 1.42. The SMILES string of the molecule is CNc1ccncc1OCC(F)F. The van der Waals surface area contributed by atoms with E-state index in [0.29, 0.717) is 11.4 Å². The van der Waals surface area contributed by atoms with E-state index in [2.05, 4.69) is 10.3 Å². The van der Waals surface area contributed by atoms with E-state index in [4.69, 9.17) is 4.74 Å². The summed E-state index contributed by atoms with van der Waals surface area (Å²) in [5, 5.41) is 2.81. The molecule has 1 aromatic rings. The number of aromatic nitrogens is 1. The van der Waals surface area contributed by atoms with Gasteiger partial charge in [0.05, 0.1) is 11.9 Å². The molecule has 0 atom stereocenters. The third-order valence-corrected chi connectivity index (χ3v) is 1.42. The van der Waals surface area contributed by atoms with Crippen molar-refractivity contribution in [3.05, 3.63) is 18.5 Å². The lowest BCUT2D eigenvalue weighted by molar-refractivity contribution is 0.0821. The molecule has 0 saturated heterocycles. The molecule has 72 valence electrons. The highest BCUT2D eigenvalue weighted by Crippen LogP contribution is 2.21. The van der Waals surface area contributed by atoms with Crippen LogP contribution >= 0.6 is 0 Å². The minimum atomic E-state index is -2.47. The van der Waals surface area contributed by atoms with E-state index >= 15 is 0 Å². The summed E-state index contributed by atoms with van der Waals surface area (Å²) >= 11 is 0. The quantitative estimate of drug-likeness (QED) is 0.781. The molecule has 13 heavy (non-hydrogen) atoms. The molecule has 0 aliphatic carbocycles. The first-order valence-electron chi connectivity index (χ1n) is 3.76. The molecule has 1 N–H and O–H groups in total. The summed E-state index contributed by atoms with van der Waals surface area (Å²) in [6.07, 6.45) is 0.486. The maximum atomic E-state index is 11.8. The van der Waals surface area contributed by atoms with Gasteiger partial charge in [-0.3, -0.25) is 4.98 Å². The molecule has 1 aromatic heterocycles. The molecule has 3 nitrogen and oxygen atoms in total. The number of hydrogen-bond acceptors (Lipinski definition) is 3. The summed E-state index contributed by atoms with van der Waals surface area (Å²) in [6.45, 7) is -0.611. The number of pyridine rings is 1. The molecule has 0 bridgehead atoms. The van der Waals surface area contributed by atoms with Gasteiger partial charge in [0.2, 0.25) is 0 Å². The van der Waals surface area contributed by atoms with Crippen molar-refractivity contribution >= 4 is 5.69 Å². The lowest BCUT2D eigenvalue weighted by Gasteiger charge is -2.09. The van der Waals surface area contributed by atoms with E-state index in [1.807, 2.05) is 0 Å². The maximum Gasteiger partial charge on any atom is 0.272 e. The zero-order chi connectivity index (χ0) is 9.68. The van der Waals surface area contributed by atoms with Crippen LogP contribution in [0.3, 0.4) is 0 Å². The average Bonchev–Trinajstić information content (AvgIpc) is 2.15. The van der Waals surface area contributed by atoms with Gasteiger partial charge in [-0.15, -0.1) is 0 Å². The van der Waals surface area contributed by atoms with Gasteiger partial charge in [-0.1, -0.05) is 0 Å². The molecule has 0 aromatic carbocycles. The Balaban J connectivity index is 2.64. The van der Waals surface area contributed by atoms with E-state index in [9.17, 15) is 8.78 Å². The van der Waals surface area contributed by atoms with Gasteiger partial charge in [0.1, 0.15) is 6.61 Å². The van der Waals surface area contributed by atoms with E-state index in [0.717, 1.165) is 0 Å². The van der Waals surface area contributed by atoms with Crippen molar-refractivity contribution in [2.75, 3.05) is 19.0 Å². The predicted octanol–water partition coefficient (Wildman–Crippen LogP) is 1.77. The van der Waals surface area contributed by atoms with Crippen LogP contribution in [0.4, 0.5) is 14.5 Å². The molecule has 0 spiro atoms. The van der Waals surface area contributed by atoms with Gasteiger partial charge in [-0.05, 0) is 6.07 Å². The number of ether oxygens (including phenoxy) is 1. The number of hydrogen-bond donors (Lipinski definition) is 1. The number of anilines is 1. The van der Waals surface area contributed by atoms with Crippen LogP contribution < -0.4 is 10.1 Å². The molecule has 0 unspecified atom stereocenters. The smallest absolute Gasteiger partial charge is 0.272 e. The van der Waals surface area contributed by atoms with Crippen molar-refractivity contribution < 1.29 is 13.5 Å². The zero-order valence-corrected chi connectivity index (χ0v) is 7.13. The summed E-state index contributed by atoms with van der Waals surface area (Å²) < 4.78 is 28.4. The summed E-state index contributed by atoms with van der Waals surface area (Å²) in [6, 6.07) is 1.65. The number of halogens is 2. The second-order valence-corrected chi connectivity index (χ2v) is 2.32. The van der Waals surface area contributed by atoms with Crippen LogP contribution in [-0.2, 0) is 0 Å². The van der Waals surface area contributed by atoms with E-state index in [-0.39, 0.29) is 0 Å². The van der Waals surface area contributed by atoms with Crippen LogP contribution in [0, 0.1) is 0 Å². The van der Waals surface area contributed by atoms with Gasteiger partial charge in [0.25, 0.3) is 6.43 Å². The molecule has 1 rings (SSSR count). The summed E-state index contributed by atoms with van der Waals surface area (Å²) in [7, 11) is 1.69. The first-order chi connectivity index (χ1) is 6.24. The van der Waals surface area contributed by atoms with Crippen LogP contribution in [-0.4, -0.2) is 25.1 Å². The zero-order valence-electron chi connectivity index (χ0n) is 7.13. The van der Waals surface area contributed by atoms with Crippen molar-refractivity contribution in [1.29, 1.82) is 0 Å². The maximum absolute atomic E-state index is 11.8. The first kappa shape index (κ1) is 9.70. The molecule has 5 heteroatoms. The Hall–Kier alpha value is -1.39. The lowest BCUT2D eigenvalue weighted by Crippen LogP contribution is -2.08. The second-order valence-electron chi connectivity index (χ2n) is 2.32. The Kier molecular flexibility index (Phi) is 3.42. The van der Waals surface area contributed by atoms with Crippen LogP contribution in [0.2, 0.25) is 0 Å². The minimum Gasteiger partial charge on any atom is -0.484 e. The Morgan fingerprint density at radius 1 is 1.62 bits per heavy atom. The summed E-state index contributed by atoms with van der Waals surface area (Å²) in [5.74, 6) is 0.338. The van der Waals surface area contributed by atoms with Crippen molar-refractivity contribution in [2.45, 2.75) is 6.43 Å². The van der Waals surface area contributed by atoms with Crippen molar-refractivity contribution in [3.63, 3.8) is 0 Å². The molecular weight excluding hydrogens is 178 g/mol. The van der Waals surface area contributed by atoms with Gasteiger partial charge in [-0.25, -0.2) is 8.78 Å². The summed E-state index contributed by atoms with van der Waals surface area (Å²) in [4.78, 5) is 3.76. The van der Waals surface area contributed by atoms with Gasteiger partial charge in [0, 0.05) is 13.2 Å². The van der Waals surface area contributed by atoms with E-state index in [1.165, 1.54) is 6.20 Å². The number of nitrogens with zero attached hydrogens (tertiary/aromatic N) is 1. The van der Waals surface area contributed by atoms with Crippen LogP contribution in [0.5, 0.6) is 5.75 Å². The fourth-order valence-electron chi connectivity index (χ4n) is 0.854. The van der Waals surface area contributed by atoms with E-state index in [1.54, 1.807) is 19.3 Å². The lowest BCUT2D eigenvalue weighted by atomic mass is 10.4. The van der Waals surface area contributed by atoms with Crippen molar-refractivity contribution in [1.82, 2.24) is 4.98 Å². The second kappa shape index (κ2) is 4.59. The normalized spacial score (nSPS) is 10.2. The molecule has 0 amide bonds. The fraction of sp³-hybridized carbons (Fsp3) is 0.375. The molecule has 0 radical (unpaired) electrons. The van der Waals surface area contributed by atoms with Gasteiger partial charge in [-0.2, -0.15) is 0 Å². The molecular formula is C8H10F2N2O. The molecule has 0 saturated carbocycles. The highest BCUT2D eigenvalue weighted by atomic mass is 19.3. The Bertz CT molecular complexity index is 268.